The molecule has 0 radical (unpaired) electrons. The molecule has 2 atom stereocenters. The lowest BCUT2D eigenvalue weighted by Gasteiger charge is -2.31. The van der Waals surface area contributed by atoms with Gasteiger partial charge in [-0.1, -0.05) is 54.9 Å². The standard InChI is InChI=1S/C22H29ClN2O3S/c1-5-21(22(26)24-17(3)12-13-18-9-7-6-8-10-18)25(29(4,27)28)19-14-11-16(2)20(23)15-19/h6-11,14-15,17,21H,5,12-13H2,1-4H3,(H,24,26)/t17-,21+/m1/s1. The summed E-state index contributed by atoms with van der Waals surface area (Å²) in [6, 6.07) is 14.1. The molecule has 0 aliphatic heterocycles. The number of nitrogens with one attached hydrogen (secondary N) is 1. The predicted molar refractivity (Wildman–Crippen MR) is 120 cm³/mol. The highest BCUT2D eigenvalue weighted by molar-refractivity contribution is 7.92. The molecule has 0 aromatic heterocycles. The molecular weight excluding hydrogens is 408 g/mol. The van der Waals surface area contributed by atoms with Crippen molar-refractivity contribution in [1.29, 1.82) is 0 Å². The van der Waals surface area contributed by atoms with Gasteiger partial charge in [-0.2, -0.15) is 0 Å². The average molecular weight is 437 g/mol. The van der Waals surface area contributed by atoms with E-state index in [1.165, 1.54) is 5.56 Å². The van der Waals surface area contributed by atoms with Crippen LogP contribution in [-0.2, 0) is 21.2 Å². The van der Waals surface area contributed by atoms with Crippen molar-refractivity contribution in [3.05, 3.63) is 64.7 Å². The molecule has 5 nitrogen and oxygen atoms in total. The summed E-state index contributed by atoms with van der Waals surface area (Å²) in [5.41, 5.74) is 2.44. The van der Waals surface area contributed by atoms with E-state index in [2.05, 4.69) is 17.4 Å². The number of hydrogen-bond donors (Lipinski definition) is 1. The minimum Gasteiger partial charge on any atom is -0.352 e. The summed E-state index contributed by atoms with van der Waals surface area (Å²) in [5, 5.41) is 3.43. The highest BCUT2D eigenvalue weighted by atomic mass is 35.5. The van der Waals surface area contributed by atoms with Crippen LogP contribution in [0.15, 0.2) is 48.5 Å². The van der Waals surface area contributed by atoms with Gasteiger partial charge in [-0.15, -0.1) is 0 Å². The SMILES string of the molecule is CC[C@@H](C(=O)N[C@H](C)CCc1ccccc1)N(c1ccc(C)c(Cl)c1)S(C)(=O)=O. The number of carbonyl (C=O) groups is 1. The Kier molecular flexibility index (Phi) is 8.11. The Morgan fingerprint density at radius 2 is 1.83 bits per heavy atom. The minimum absolute atomic E-state index is 0.0835. The molecule has 0 bridgehead atoms. The maximum Gasteiger partial charge on any atom is 0.244 e. The van der Waals surface area contributed by atoms with Crippen LogP contribution in [0.25, 0.3) is 0 Å². The number of aryl methyl sites for hydroxylation is 2. The summed E-state index contributed by atoms with van der Waals surface area (Å²) in [6.45, 7) is 5.57. The zero-order valence-corrected chi connectivity index (χ0v) is 18.9. The number of nitrogens with zero attached hydrogens (tertiary/aromatic N) is 1. The summed E-state index contributed by atoms with van der Waals surface area (Å²) >= 11 is 6.20. The smallest absolute Gasteiger partial charge is 0.244 e. The van der Waals surface area contributed by atoms with Crippen molar-refractivity contribution in [3.8, 4) is 0 Å². The molecular formula is C22H29ClN2O3S. The summed E-state index contributed by atoms with van der Waals surface area (Å²) < 4.78 is 26.2. The Hall–Kier alpha value is -2.05. The van der Waals surface area contributed by atoms with Crippen molar-refractivity contribution in [3.63, 3.8) is 0 Å². The van der Waals surface area contributed by atoms with Crippen LogP contribution in [0.1, 0.15) is 37.8 Å². The number of sulfonamides is 1. The Morgan fingerprint density at radius 1 is 1.17 bits per heavy atom. The van der Waals surface area contributed by atoms with Gasteiger partial charge in [0.15, 0.2) is 0 Å². The summed E-state index contributed by atoms with van der Waals surface area (Å²) in [6.07, 6.45) is 3.05. The van der Waals surface area contributed by atoms with Crippen molar-refractivity contribution >= 4 is 33.2 Å². The molecule has 2 aromatic rings. The third kappa shape index (κ3) is 6.47. The van der Waals surface area contributed by atoms with Gasteiger partial charge >= 0.3 is 0 Å². The van der Waals surface area contributed by atoms with Crippen LogP contribution in [0.3, 0.4) is 0 Å². The molecule has 0 saturated carbocycles. The average Bonchev–Trinajstić information content (AvgIpc) is 2.66. The predicted octanol–water partition coefficient (Wildman–Crippen LogP) is 4.33. The highest BCUT2D eigenvalue weighted by Crippen LogP contribution is 2.27. The second kappa shape index (κ2) is 10.1. The number of benzene rings is 2. The third-order valence-corrected chi connectivity index (χ3v) is 6.42. The first kappa shape index (κ1) is 23.2. The molecule has 0 unspecified atom stereocenters. The number of hydrogen-bond acceptors (Lipinski definition) is 3. The van der Waals surface area contributed by atoms with Gasteiger partial charge in [0.05, 0.1) is 11.9 Å². The van der Waals surface area contributed by atoms with Gasteiger partial charge in [0, 0.05) is 11.1 Å². The van der Waals surface area contributed by atoms with Gasteiger partial charge in [0.25, 0.3) is 0 Å². The number of rotatable bonds is 9. The van der Waals surface area contributed by atoms with E-state index in [9.17, 15) is 13.2 Å². The molecule has 0 aliphatic carbocycles. The van der Waals surface area contributed by atoms with E-state index >= 15 is 0 Å². The minimum atomic E-state index is -3.68. The van der Waals surface area contributed by atoms with Crippen molar-refractivity contribution in [2.45, 2.75) is 52.1 Å². The molecule has 0 saturated heterocycles. The van der Waals surface area contributed by atoms with Gasteiger partial charge in [-0.25, -0.2) is 8.42 Å². The van der Waals surface area contributed by atoms with Crippen molar-refractivity contribution in [2.75, 3.05) is 10.6 Å². The first-order valence-electron chi connectivity index (χ1n) is 9.73. The molecule has 2 rings (SSSR count). The van der Waals surface area contributed by atoms with Crippen LogP contribution in [-0.4, -0.2) is 32.7 Å². The van der Waals surface area contributed by atoms with Crippen LogP contribution in [0.2, 0.25) is 5.02 Å². The maximum absolute atomic E-state index is 13.0. The first-order chi connectivity index (χ1) is 13.6. The lowest BCUT2D eigenvalue weighted by Crippen LogP contribution is -2.51. The normalized spacial score (nSPS) is 13.6. The molecule has 1 N–H and O–H groups in total. The van der Waals surface area contributed by atoms with Gasteiger partial charge in [0.1, 0.15) is 6.04 Å². The van der Waals surface area contributed by atoms with Crippen LogP contribution in [0, 0.1) is 6.92 Å². The topological polar surface area (TPSA) is 66.5 Å². The monoisotopic (exact) mass is 436 g/mol. The zero-order chi connectivity index (χ0) is 21.6. The Morgan fingerprint density at radius 3 is 2.38 bits per heavy atom. The van der Waals surface area contributed by atoms with Crippen molar-refractivity contribution < 1.29 is 13.2 Å². The highest BCUT2D eigenvalue weighted by Gasteiger charge is 2.32. The maximum atomic E-state index is 13.0. The van der Waals surface area contributed by atoms with Gasteiger partial charge in [-0.05, 0) is 56.4 Å². The molecule has 1 amide bonds. The van der Waals surface area contributed by atoms with E-state index in [1.54, 1.807) is 25.1 Å². The van der Waals surface area contributed by atoms with E-state index < -0.39 is 16.1 Å². The van der Waals surface area contributed by atoms with Crippen molar-refractivity contribution in [2.24, 2.45) is 0 Å². The fourth-order valence-corrected chi connectivity index (χ4v) is 4.60. The van der Waals surface area contributed by atoms with Gasteiger partial charge in [-0.3, -0.25) is 9.10 Å². The van der Waals surface area contributed by atoms with Crippen molar-refractivity contribution in [1.82, 2.24) is 5.32 Å². The van der Waals surface area contributed by atoms with Gasteiger partial charge < -0.3 is 5.32 Å². The van der Waals surface area contributed by atoms with Crippen LogP contribution in [0.4, 0.5) is 5.69 Å². The van der Waals surface area contributed by atoms with Crippen LogP contribution >= 0.6 is 11.6 Å². The zero-order valence-electron chi connectivity index (χ0n) is 17.4. The van der Waals surface area contributed by atoms with E-state index in [-0.39, 0.29) is 11.9 Å². The van der Waals surface area contributed by atoms with Crippen LogP contribution < -0.4 is 9.62 Å². The molecule has 29 heavy (non-hydrogen) atoms. The van der Waals surface area contributed by atoms with Crippen LogP contribution in [0.5, 0.6) is 0 Å². The van der Waals surface area contributed by atoms with E-state index in [0.29, 0.717) is 17.1 Å². The van der Waals surface area contributed by atoms with E-state index in [1.807, 2.05) is 32.0 Å². The number of anilines is 1. The molecule has 7 heteroatoms. The van der Waals surface area contributed by atoms with E-state index in [0.717, 1.165) is 29.0 Å². The Balaban J connectivity index is 2.16. The number of carbonyl (C=O) groups excluding carboxylic acids is 1. The quantitative estimate of drug-likeness (QED) is 0.636. The third-order valence-electron chi connectivity index (χ3n) is 4.84. The lowest BCUT2D eigenvalue weighted by molar-refractivity contribution is -0.122. The Bertz CT molecular complexity index is 932. The second-order valence-corrected chi connectivity index (χ2v) is 9.62. The summed E-state index contributed by atoms with van der Waals surface area (Å²) in [7, 11) is -3.68. The number of halogens is 1. The largest absolute Gasteiger partial charge is 0.352 e. The van der Waals surface area contributed by atoms with Gasteiger partial charge in [0.2, 0.25) is 15.9 Å². The molecule has 0 heterocycles. The molecule has 2 aromatic carbocycles. The summed E-state index contributed by atoms with van der Waals surface area (Å²) in [5.74, 6) is -0.310. The number of amides is 1. The van der Waals surface area contributed by atoms with E-state index in [4.69, 9.17) is 11.6 Å². The molecule has 0 fully saturated rings. The second-order valence-electron chi connectivity index (χ2n) is 7.35. The summed E-state index contributed by atoms with van der Waals surface area (Å²) in [4.78, 5) is 13.0. The fraction of sp³-hybridized carbons (Fsp3) is 0.409. The fourth-order valence-electron chi connectivity index (χ4n) is 3.22. The Labute approximate surface area is 179 Å². The first-order valence-corrected chi connectivity index (χ1v) is 12.0. The molecule has 0 spiro atoms. The molecule has 158 valence electrons. The lowest BCUT2D eigenvalue weighted by atomic mass is 10.1. The molecule has 0 aliphatic rings.